The average molecular weight is 582 g/mol. The zero-order chi connectivity index (χ0) is 30.3. The maximum Gasteiger partial charge on any atom is 0.432 e. The number of hydrogen-bond acceptors (Lipinski definition) is 2. The molecule has 0 atom stereocenters. The molecular weight excluding hydrogens is 559 g/mol. The Balaban J connectivity index is 1.44. The van der Waals surface area contributed by atoms with Crippen LogP contribution in [-0.2, 0) is 12.5 Å². The lowest BCUT2D eigenvalue weighted by Crippen LogP contribution is -2.25. The molecule has 9 heteroatoms. The first-order valence-electron chi connectivity index (χ1n) is 12.9. The maximum atomic E-state index is 14.5. The number of unbranched alkanes of at least 4 members (excludes halogenated alkanes) is 2. The summed E-state index contributed by atoms with van der Waals surface area (Å²) < 4.78 is 102. The van der Waals surface area contributed by atoms with Crippen molar-refractivity contribution in [3.8, 4) is 29.4 Å². The van der Waals surface area contributed by atoms with Gasteiger partial charge in [-0.1, -0.05) is 43.6 Å². The molecule has 0 unspecified atom stereocenters. The van der Waals surface area contributed by atoms with E-state index in [1.165, 1.54) is 6.42 Å². The van der Waals surface area contributed by atoms with Crippen LogP contribution in [-0.4, -0.2) is 4.98 Å². The topological polar surface area (TPSA) is 22.1 Å². The molecule has 4 aromatic rings. The number of aryl methyl sites for hydroxylation is 1. The Hall–Kier alpha value is -4.76. The third kappa shape index (κ3) is 7.70. The molecule has 4 rings (SSSR count). The number of pyridine rings is 1. The van der Waals surface area contributed by atoms with Crippen LogP contribution >= 0.6 is 0 Å². The molecule has 0 saturated heterocycles. The van der Waals surface area contributed by atoms with E-state index in [4.69, 9.17) is 0 Å². The number of benzene rings is 3. The summed E-state index contributed by atoms with van der Waals surface area (Å²) in [5.41, 5.74) is 0.872. The first-order valence-corrected chi connectivity index (χ1v) is 12.9. The summed E-state index contributed by atoms with van der Waals surface area (Å²) in [7, 11) is 0. The fourth-order valence-corrected chi connectivity index (χ4v) is 3.86. The van der Waals surface area contributed by atoms with E-state index < -0.39 is 46.5 Å². The molecule has 3 aromatic carbocycles. The fraction of sp³-hybridized carbons (Fsp3) is 0.182. The molecule has 42 heavy (non-hydrogen) atoms. The standard InChI is InChI=1S/C33H22F7NO/c1-2-3-4-5-23-13-15-25(41-20-23)14-12-22-8-6-21(7-9-22)10-11-24-16-27(34)31(28(35)17-24)33(39,40)42-26-18-29(36)32(38)30(37)19-26/h6-9,13,15-20H,2-5H2,1H3. The second-order valence-electron chi connectivity index (χ2n) is 9.22. The molecule has 1 heterocycles. The Morgan fingerprint density at radius 1 is 0.690 bits per heavy atom. The minimum Gasteiger partial charge on any atom is -0.429 e. The largest absolute Gasteiger partial charge is 0.432 e. The summed E-state index contributed by atoms with van der Waals surface area (Å²) in [6.45, 7) is 2.15. The average Bonchev–Trinajstić information content (AvgIpc) is 2.94. The van der Waals surface area contributed by atoms with Gasteiger partial charge in [-0.15, -0.1) is 0 Å². The smallest absolute Gasteiger partial charge is 0.429 e. The molecule has 0 aliphatic carbocycles. The second-order valence-corrected chi connectivity index (χ2v) is 9.22. The highest BCUT2D eigenvalue weighted by Crippen LogP contribution is 2.36. The highest BCUT2D eigenvalue weighted by molar-refractivity contribution is 5.48. The van der Waals surface area contributed by atoms with Crippen molar-refractivity contribution < 1.29 is 35.5 Å². The summed E-state index contributed by atoms with van der Waals surface area (Å²) in [4.78, 5) is 4.36. The van der Waals surface area contributed by atoms with Crippen molar-refractivity contribution in [2.45, 2.75) is 38.7 Å². The van der Waals surface area contributed by atoms with E-state index in [0.717, 1.165) is 24.8 Å². The Labute approximate surface area is 238 Å². The highest BCUT2D eigenvalue weighted by Gasteiger charge is 2.41. The van der Waals surface area contributed by atoms with Gasteiger partial charge in [-0.2, -0.15) is 8.78 Å². The molecule has 0 aliphatic heterocycles. The van der Waals surface area contributed by atoms with E-state index in [0.29, 0.717) is 29.0 Å². The third-order valence-electron chi connectivity index (χ3n) is 6.00. The summed E-state index contributed by atoms with van der Waals surface area (Å²) in [6.07, 6.45) is 1.55. The predicted molar refractivity (Wildman–Crippen MR) is 143 cm³/mol. The number of nitrogens with zero attached hydrogens (tertiary/aromatic N) is 1. The molecule has 0 aliphatic rings. The minimum atomic E-state index is -4.68. The molecule has 0 fully saturated rings. The summed E-state index contributed by atoms with van der Waals surface area (Å²) in [5.74, 6) is 1.02. The minimum absolute atomic E-state index is 0.127. The van der Waals surface area contributed by atoms with Gasteiger partial charge in [0, 0.05) is 35.0 Å². The number of ether oxygens (including phenoxy) is 1. The quantitative estimate of drug-likeness (QED) is 0.0946. The van der Waals surface area contributed by atoms with Crippen molar-refractivity contribution in [3.05, 3.63) is 129 Å². The van der Waals surface area contributed by atoms with Crippen LogP contribution in [0.1, 0.15) is 59.7 Å². The normalized spacial score (nSPS) is 10.9. The fourth-order valence-electron chi connectivity index (χ4n) is 3.86. The molecule has 0 spiro atoms. The summed E-state index contributed by atoms with van der Waals surface area (Å²) in [5, 5.41) is 0. The lowest BCUT2D eigenvalue weighted by atomic mass is 10.1. The molecule has 2 nitrogen and oxygen atoms in total. The Morgan fingerprint density at radius 2 is 1.26 bits per heavy atom. The first kappa shape index (κ1) is 30.2. The number of halogens is 7. The van der Waals surface area contributed by atoms with Gasteiger partial charge in [0.1, 0.15) is 28.6 Å². The van der Waals surface area contributed by atoms with Crippen molar-refractivity contribution in [1.29, 1.82) is 0 Å². The lowest BCUT2D eigenvalue weighted by molar-refractivity contribution is -0.189. The van der Waals surface area contributed by atoms with E-state index in [1.807, 2.05) is 18.3 Å². The Morgan fingerprint density at radius 3 is 1.81 bits per heavy atom. The lowest BCUT2D eigenvalue weighted by Gasteiger charge is -2.19. The predicted octanol–water partition coefficient (Wildman–Crippen LogP) is 8.44. The highest BCUT2D eigenvalue weighted by atomic mass is 19.3. The van der Waals surface area contributed by atoms with Gasteiger partial charge < -0.3 is 4.74 Å². The van der Waals surface area contributed by atoms with Gasteiger partial charge in [-0.3, -0.25) is 0 Å². The Bertz CT molecular complexity index is 1650. The van der Waals surface area contributed by atoms with Crippen LogP contribution in [0, 0.1) is 52.8 Å². The monoisotopic (exact) mass is 581 g/mol. The number of alkyl halides is 2. The van der Waals surface area contributed by atoms with Crippen LogP contribution in [0.4, 0.5) is 30.7 Å². The molecule has 0 amide bonds. The number of rotatable bonds is 7. The van der Waals surface area contributed by atoms with Gasteiger partial charge >= 0.3 is 6.11 Å². The van der Waals surface area contributed by atoms with Crippen LogP contribution < -0.4 is 4.74 Å². The summed E-state index contributed by atoms with van der Waals surface area (Å²) in [6, 6.07) is 11.9. The van der Waals surface area contributed by atoms with Gasteiger partial charge in [0.2, 0.25) is 0 Å². The van der Waals surface area contributed by atoms with Gasteiger partial charge in [0.05, 0.1) is 0 Å². The van der Waals surface area contributed by atoms with Crippen LogP contribution in [0.25, 0.3) is 0 Å². The summed E-state index contributed by atoms with van der Waals surface area (Å²) >= 11 is 0. The van der Waals surface area contributed by atoms with E-state index in [-0.39, 0.29) is 17.7 Å². The maximum absolute atomic E-state index is 14.5. The van der Waals surface area contributed by atoms with Crippen LogP contribution in [0.5, 0.6) is 5.75 Å². The van der Waals surface area contributed by atoms with E-state index in [2.05, 4.69) is 40.3 Å². The Kier molecular flexibility index (Phi) is 9.54. The molecule has 0 N–H and O–H groups in total. The molecular formula is C33H22F7NO. The van der Waals surface area contributed by atoms with Gasteiger partial charge in [0.25, 0.3) is 0 Å². The van der Waals surface area contributed by atoms with Crippen molar-refractivity contribution in [2.24, 2.45) is 0 Å². The molecule has 0 radical (unpaired) electrons. The van der Waals surface area contributed by atoms with Crippen LogP contribution in [0.3, 0.4) is 0 Å². The zero-order valence-electron chi connectivity index (χ0n) is 22.2. The zero-order valence-corrected chi connectivity index (χ0v) is 22.2. The van der Waals surface area contributed by atoms with E-state index >= 15 is 0 Å². The SMILES string of the molecule is CCCCCc1ccc(C#Cc2ccc(C#Cc3cc(F)c(C(F)(F)Oc4cc(F)c(F)c(F)c4)c(F)c3)cc2)nc1. The number of aromatic nitrogens is 1. The molecule has 0 bridgehead atoms. The van der Waals surface area contributed by atoms with Crippen molar-refractivity contribution in [2.75, 3.05) is 0 Å². The molecule has 0 saturated carbocycles. The van der Waals surface area contributed by atoms with Crippen molar-refractivity contribution in [3.63, 3.8) is 0 Å². The van der Waals surface area contributed by atoms with E-state index in [1.54, 1.807) is 24.3 Å². The van der Waals surface area contributed by atoms with Crippen molar-refractivity contribution in [1.82, 2.24) is 4.98 Å². The first-order chi connectivity index (χ1) is 20.1. The third-order valence-corrected chi connectivity index (χ3v) is 6.00. The molecule has 1 aromatic heterocycles. The van der Waals surface area contributed by atoms with Crippen LogP contribution in [0.2, 0.25) is 0 Å². The van der Waals surface area contributed by atoms with E-state index in [9.17, 15) is 30.7 Å². The second kappa shape index (κ2) is 13.3. The number of hydrogen-bond donors (Lipinski definition) is 0. The van der Waals surface area contributed by atoms with Gasteiger partial charge in [-0.25, -0.2) is 26.9 Å². The van der Waals surface area contributed by atoms with Gasteiger partial charge in [0.15, 0.2) is 17.5 Å². The van der Waals surface area contributed by atoms with Gasteiger partial charge in [-0.05, 0) is 66.8 Å². The molecule has 214 valence electrons. The van der Waals surface area contributed by atoms with Crippen LogP contribution in [0.15, 0.2) is 66.9 Å². The van der Waals surface area contributed by atoms with Crippen molar-refractivity contribution >= 4 is 0 Å².